The van der Waals surface area contributed by atoms with Gasteiger partial charge in [0.25, 0.3) is 0 Å². The Morgan fingerprint density at radius 2 is 2.50 bits per heavy atom. The molecule has 0 aliphatic carbocycles. The molecular formula is C10H12N2OS. The van der Waals surface area contributed by atoms with Gasteiger partial charge in [-0.05, 0) is 18.6 Å². The summed E-state index contributed by atoms with van der Waals surface area (Å²) in [6, 6.07) is 5.74. The Morgan fingerprint density at radius 3 is 3.14 bits per heavy atom. The van der Waals surface area contributed by atoms with Crippen molar-refractivity contribution in [1.82, 2.24) is 4.98 Å². The van der Waals surface area contributed by atoms with Crippen LogP contribution in [0.2, 0.25) is 0 Å². The second-order valence-electron chi connectivity index (χ2n) is 2.90. The van der Waals surface area contributed by atoms with Gasteiger partial charge in [0.15, 0.2) is 5.69 Å². The molecule has 0 radical (unpaired) electrons. The summed E-state index contributed by atoms with van der Waals surface area (Å²) in [5.41, 5.74) is 0.460. The highest BCUT2D eigenvalue weighted by atomic mass is 32.2. The van der Waals surface area contributed by atoms with E-state index in [0.717, 1.165) is 11.3 Å². The first-order valence-corrected chi connectivity index (χ1v) is 5.28. The normalized spacial score (nSPS) is 12.1. The molecule has 1 N–H and O–H groups in total. The number of hydrogen-bond donors (Lipinski definition) is 1. The molecule has 0 saturated carbocycles. The van der Waals surface area contributed by atoms with Crippen molar-refractivity contribution in [2.24, 2.45) is 0 Å². The quantitative estimate of drug-likeness (QED) is 0.767. The summed E-state index contributed by atoms with van der Waals surface area (Å²) < 4.78 is 0. The maximum absolute atomic E-state index is 8.79. The topological polar surface area (TPSA) is 56.9 Å². The van der Waals surface area contributed by atoms with E-state index in [1.807, 2.05) is 25.1 Å². The van der Waals surface area contributed by atoms with Gasteiger partial charge in [0, 0.05) is 22.9 Å². The van der Waals surface area contributed by atoms with Gasteiger partial charge < -0.3 is 5.11 Å². The molecule has 1 heterocycles. The fourth-order valence-electron chi connectivity index (χ4n) is 1.03. The van der Waals surface area contributed by atoms with E-state index in [0.29, 0.717) is 10.9 Å². The van der Waals surface area contributed by atoms with E-state index in [9.17, 15) is 0 Å². The molecular weight excluding hydrogens is 196 g/mol. The summed E-state index contributed by atoms with van der Waals surface area (Å²) in [4.78, 5) is 4.85. The molecule has 1 unspecified atom stereocenters. The van der Waals surface area contributed by atoms with Crippen LogP contribution in [0.25, 0.3) is 0 Å². The van der Waals surface area contributed by atoms with E-state index < -0.39 is 0 Å². The monoisotopic (exact) mass is 208 g/mol. The predicted molar refractivity (Wildman–Crippen MR) is 56.0 cm³/mol. The van der Waals surface area contributed by atoms with Gasteiger partial charge in [0.05, 0.1) is 0 Å². The van der Waals surface area contributed by atoms with Crippen LogP contribution in [0.1, 0.15) is 19.0 Å². The van der Waals surface area contributed by atoms with E-state index in [4.69, 9.17) is 10.4 Å². The van der Waals surface area contributed by atoms with Crippen molar-refractivity contribution in [3.63, 3.8) is 0 Å². The first-order valence-electron chi connectivity index (χ1n) is 4.40. The average Bonchev–Trinajstić information content (AvgIpc) is 2.19. The zero-order valence-electron chi connectivity index (χ0n) is 7.97. The van der Waals surface area contributed by atoms with E-state index in [-0.39, 0.29) is 6.61 Å². The number of thioether (sulfide) groups is 1. The summed E-state index contributed by atoms with van der Waals surface area (Å²) >= 11 is 1.57. The third-order valence-corrected chi connectivity index (χ3v) is 2.96. The average molecular weight is 208 g/mol. The zero-order chi connectivity index (χ0) is 10.4. The highest BCUT2D eigenvalue weighted by molar-refractivity contribution is 8.00. The van der Waals surface area contributed by atoms with E-state index in [2.05, 4.69) is 4.98 Å². The van der Waals surface area contributed by atoms with Crippen molar-refractivity contribution in [2.75, 3.05) is 6.61 Å². The minimum absolute atomic E-state index is 0.177. The minimum Gasteiger partial charge on any atom is -0.396 e. The molecule has 4 heteroatoms. The zero-order valence-corrected chi connectivity index (χ0v) is 8.79. The standard InChI is InChI=1S/C10H12N2OS/c1-8(4-6-13)14-10-3-2-5-12-9(10)7-11/h2-3,5,8,13H,4,6H2,1H3. The smallest absolute Gasteiger partial charge is 0.153 e. The lowest BCUT2D eigenvalue weighted by Gasteiger charge is -2.09. The van der Waals surface area contributed by atoms with Crippen LogP contribution in [0, 0.1) is 11.3 Å². The van der Waals surface area contributed by atoms with Crippen molar-refractivity contribution in [3.8, 4) is 6.07 Å². The number of nitriles is 1. The van der Waals surface area contributed by atoms with E-state index >= 15 is 0 Å². The number of hydrogen-bond acceptors (Lipinski definition) is 4. The van der Waals surface area contributed by atoms with Crippen LogP contribution in [0.5, 0.6) is 0 Å². The Kier molecular flexibility index (Phi) is 4.44. The summed E-state index contributed by atoms with van der Waals surface area (Å²) in [7, 11) is 0. The molecule has 0 spiro atoms. The molecule has 0 aliphatic rings. The molecule has 0 aromatic carbocycles. The summed E-state index contributed by atoms with van der Waals surface area (Å²) in [5, 5.41) is 17.8. The van der Waals surface area contributed by atoms with Crippen LogP contribution in [0.15, 0.2) is 23.2 Å². The number of aromatic nitrogens is 1. The van der Waals surface area contributed by atoms with E-state index in [1.54, 1.807) is 18.0 Å². The van der Waals surface area contributed by atoms with Crippen LogP contribution in [0.3, 0.4) is 0 Å². The molecule has 1 atom stereocenters. The molecule has 1 rings (SSSR count). The second kappa shape index (κ2) is 5.63. The van der Waals surface area contributed by atoms with Crippen LogP contribution in [0.4, 0.5) is 0 Å². The minimum atomic E-state index is 0.177. The largest absolute Gasteiger partial charge is 0.396 e. The van der Waals surface area contributed by atoms with Crippen molar-refractivity contribution >= 4 is 11.8 Å². The number of rotatable bonds is 4. The second-order valence-corrected chi connectivity index (χ2v) is 4.38. The van der Waals surface area contributed by atoms with Crippen molar-refractivity contribution in [1.29, 1.82) is 5.26 Å². The summed E-state index contributed by atoms with van der Waals surface area (Å²) in [5.74, 6) is 0. The predicted octanol–water partition coefficient (Wildman–Crippen LogP) is 1.82. The van der Waals surface area contributed by atoms with Gasteiger partial charge in [-0.2, -0.15) is 5.26 Å². The van der Waals surface area contributed by atoms with Gasteiger partial charge in [-0.15, -0.1) is 11.8 Å². The first-order chi connectivity index (χ1) is 6.77. The lowest BCUT2D eigenvalue weighted by atomic mass is 10.3. The lowest BCUT2D eigenvalue weighted by Crippen LogP contribution is -2.00. The molecule has 0 bridgehead atoms. The molecule has 14 heavy (non-hydrogen) atoms. The Bertz CT molecular complexity index is 335. The van der Waals surface area contributed by atoms with Crippen molar-refractivity contribution < 1.29 is 5.11 Å². The highest BCUT2D eigenvalue weighted by Crippen LogP contribution is 2.26. The third-order valence-electron chi connectivity index (χ3n) is 1.74. The highest BCUT2D eigenvalue weighted by Gasteiger charge is 2.07. The van der Waals surface area contributed by atoms with Crippen molar-refractivity contribution in [3.05, 3.63) is 24.0 Å². The number of aliphatic hydroxyl groups is 1. The van der Waals surface area contributed by atoms with Crippen LogP contribution < -0.4 is 0 Å². The lowest BCUT2D eigenvalue weighted by molar-refractivity contribution is 0.289. The van der Waals surface area contributed by atoms with Crippen molar-refractivity contribution in [2.45, 2.75) is 23.5 Å². The molecule has 0 fully saturated rings. The summed E-state index contributed by atoms with van der Waals surface area (Å²) in [6.45, 7) is 2.20. The molecule has 0 aliphatic heterocycles. The van der Waals surface area contributed by atoms with Gasteiger partial charge in [0.2, 0.25) is 0 Å². The molecule has 1 aromatic heterocycles. The Morgan fingerprint density at radius 1 is 1.71 bits per heavy atom. The van der Waals surface area contributed by atoms with Gasteiger partial charge in [-0.1, -0.05) is 6.92 Å². The number of nitrogens with zero attached hydrogens (tertiary/aromatic N) is 2. The van der Waals surface area contributed by atoms with E-state index in [1.165, 1.54) is 0 Å². The fraction of sp³-hybridized carbons (Fsp3) is 0.400. The number of pyridine rings is 1. The van der Waals surface area contributed by atoms with Gasteiger partial charge in [-0.25, -0.2) is 4.98 Å². The SMILES string of the molecule is CC(CCO)Sc1cccnc1C#N. The molecule has 74 valence electrons. The van der Waals surface area contributed by atoms with Gasteiger partial charge in [-0.3, -0.25) is 0 Å². The number of aliphatic hydroxyl groups excluding tert-OH is 1. The van der Waals surface area contributed by atoms with Gasteiger partial charge >= 0.3 is 0 Å². The maximum Gasteiger partial charge on any atom is 0.153 e. The third kappa shape index (κ3) is 3.02. The summed E-state index contributed by atoms with van der Waals surface area (Å²) in [6.07, 6.45) is 2.34. The maximum atomic E-state index is 8.79. The molecule has 0 amide bonds. The van der Waals surface area contributed by atoms with Crippen LogP contribution in [-0.4, -0.2) is 21.9 Å². The molecule has 0 saturated heterocycles. The van der Waals surface area contributed by atoms with Crippen LogP contribution in [-0.2, 0) is 0 Å². The molecule has 3 nitrogen and oxygen atoms in total. The Balaban J connectivity index is 2.71. The fourth-order valence-corrected chi connectivity index (χ4v) is 2.05. The Hall–Kier alpha value is -1.05. The van der Waals surface area contributed by atoms with Gasteiger partial charge in [0.1, 0.15) is 6.07 Å². The van der Waals surface area contributed by atoms with Crippen LogP contribution >= 0.6 is 11.8 Å². The Labute approximate surface area is 87.8 Å². The first kappa shape index (κ1) is 11.0. The molecule has 1 aromatic rings.